The first kappa shape index (κ1) is 21.6. The molecule has 2 aromatic rings. The highest BCUT2D eigenvalue weighted by Gasteiger charge is 2.21. The van der Waals surface area contributed by atoms with E-state index in [1.807, 2.05) is 30.3 Å². The molecule has 150 valence electrons. The van der Waals surface area contributed by atoms with E-state index in [4.69, 9.17) is 0 Å². The Hall–Kier alpha value is -2.74. The van der Waals surface area contributed by atoms with Gasteiger partial charge < -0.3 is 5.32 Å². The molecule has 0 aliphatic rings. The second-order valence-electron chi connectivity index (χ2n) is 6.68. The van der Waals surface area contributed by atoms with Crippen LogP contribution in [0.25, 0.3) is 0 Å². The zero-order valence-electron chi connectivity index (χ0n) is 15.9. The predicted octanol–water partition coefficient (Wildman–Crippen LogP) is 4.05. The molecule has 0 heterocycles. The van der Waals surface area contributed by atoms with Crippen molar-refractivity contribution >= 4 is 21.4 Å². The molecule has 0 radical (unpaired) electrons. The third-order valence-electron chi connectivity index (χ3n) is 4.40. The predicted molar refractivity (Wildman–Crippen MR) is 107 cm³/mol. The Balaban J connectivity index is 2.34. The molecule has 0 fully saturated rings. The van der Waals surface area contributed by atoms with Crippen molar-refractivity contribution in [1.29, 1.82) is 0 Å². The van der Waals surface area contributed by atoms with Crippen molar-refractivity contribution in [3.8, 4) is 0 Å². The third-order valence-corrected chi connectivity index (χ3v) is 5.49. The van der Waals surface area contributed by atoms with E-state index in [1.54, 1.807) is 0 Å². The molecule has 0 aliphatic heterocycles. The average Bonchev–Trinajstić information content (AvgIpc) is 2.66. The molecule has 1 N–H and O–H groups in total. The Morgan fingerprint density at radius 3 is 2.39 bits per heavy atom. The Kier molecular flexibility index (Phi) is 7.28. The van der Waals surface area contributed by atoms with Gasteiger partial charge in [0.2, 0.25) is 0 Å². The minimum absolute atomic E-state index is 0.0500. The third kappa shape index (κ3) is 5.88. The van der Waals surface area contributed by atoms with Crippen molar-refractivity contribution in [2.75, 3.05) is 6.26 Å². The smallest absolute Gasteiger partial charge is 0.271 e. The van der Waals surface area contributed by atoms with Gasteiger partial charge in [0.1, 0.15) is 0 Å². The number of non-ortho nitro benzene ring substituents is 1. The summed E-state index contributed by atoms with van der Waals surface area (Å²) in [5, 5.41) is 14.0. The summed E-state index contributed by atoms with van der Waals surface area (Å²) in [4.78, 5) is 23.0. The zero-order valence-corrected chi connectivity index (χ0v) is 16.7. The maximum absolute atomic E-state index is 12.8. The van der Waals surface area contributed by atoms with Gasteiger partial charge in [-0.15, -0.1) is 0 Å². The van der Waals surface area contributed by atoms with Crippen LogP contribution in [0.15, 0.2) is 53.4 Å². The van der Waals surface area contributed by atoms with E-state index in [2.05, 4.69) is 12.2 Å². The van der Waals surface area contributed by atoms with Gasteiger partial charge in [0.05, 0.1) is 15.9 Å². The number of nitrogens with one attached hydrogen (secondary N) is 1. The van der Waals surface area contributed by atoms with Crippen LogP contribution in [0.4, 0.5) is 5.69 Å². The van der Waals surface area contributed by atoms with Gasteiger partial charge in [0, 0.05) is 24.0 Å². The highest BCUT2D eigenvalue weighted by Crippen LogP contribution is 2.24. The molecule has 2 rings (SSSR count). The van der Waals surface area contributed by atoms with Gasteiger partial charge in [-0.05, 0) is 18.1 Å². The number of nitro benzene ring substituents is 1. The summed E-state index contributed by atoms with van der Waals surface area (Å²) in [6.45, 7) is 2.09. The lowest BCUT2D eigenvalue weighted by Gasteiger charge is -2.19. The second-order valence-corrected chi connectivity index (χ2v) is 8.69. The van der Waals surface area contributed by atoms with Gasteiger partial charge in [0.15, 0.2) is 9.84 Å². The van der Waals surface area contributed by atoms with Crippen molar-refractivity contribution in [1.82, 2.24) is 5.32 Å². The molecule has 0 aromatic heterocycles. The van der Waals surface area contributed by atoms with E-state index in [0.29, 0.717) is 0 Å². The summed E-state index contributed by atoms with van der Waals surface area (Å²) in [6, 6.07) is 12.4. The zero-order chi connectivity index (χ0) is 20.7. The Labute approximate surface area is 164 Å². The minimum Gasteiger partial charge on any atom is -0.345 e. The van der Waals surface area contributed by atoms with Crippen LogP contribution in [0.2, 0.25) is 0 Å². The van der Waals surface area contributed by atoms with E-state index in [9.17, 15) is 23.3 Å². The number of carbonyl (C=O) groups excluding carboxylic acids is 1. The number of sulfone groups is 1. The number of benzene rings is 2. The molecular formula is C20H24N2O5S. The van der Waals surface area contributed by atoms with Crippen LogP contribution in [0.1, 0.15) is 54.6 Å². The summed E-state index contributed by atoms with van der Waals surface area (Å²) in [6.07, 6.45) is 4.65. The summed E-state index contributed by atoms with van der Waals surface area (Å²) >= 11 is 0. The van der Waals surface area contributed by atoms with Crippen molar-refractivity contribution in [2.24, 2.45) is 0 Å². The number of hydrogen-bond donors (Lipinski definition) is 1. The van der Waals surface area contributed by atoms with E-state index >= 15 is 0 Å². The lowest BCUT2D eigenvalue weighted by Crippen LogP contribution is -2.28. The number of rotatable bonds is 9. The fourth-order valence-electron chi connectivity index (χ4n) is 2.88. The fourth-order valence-corrected chi connectivity index (χ4v) is 3.56. The standard InChI is InChI=1S/C20H24N2O5S/c1-3-4-6-11-19(15-9-7-5-8-10-15)21-20(23)16-12-17(22(24)25)14-18(13-16)28(2,26)27/h5,7-10,12-14,19H,3-4,6,11H2,1-2H3,(H,21,23). The number of amides is 1. The Morgan fingerprint density at radius 2 is 1.82 bits per heavy atom. The van der Waals surface area contributed by atoms with Crippen LogP contribution < -0.4 is 5.32 Å². The molecule has 0 saturated carbocycles. The summed E-state index contributed by atoms with van der Waals surface area (Å²) in [7, 11) is -3.70. The first-order chi connectivity index (χ1) is 13.2. The molecule has 0 aliphatic carbocycles. The maximum atomic E-state index is 12.8. The molecule has 1 unspecified atom stereocenters. The maximum Gasteiger partial charge on any atom is 0.271 e. The monoisotopic (exact) mass is 404 g/mol. The molecule has 1 atom stereocenters. The normalized spacial score (nSPS) is 12.4. The van der Waals surface area contributed by atoms with Crippen LogP contribution in [-0.4, -0.2) is 25.5 Å². The van der Waals surface area contributed by atoms with Gasteiger partial charge in [-0.1, -0.05) is 56.5 Å². The number of hydrogen-bond acceptors (Lipinski definition) is 5. The largest absolute Gasteiger partial charge is 0.345 e. The number of nitro groups is 1. The molecule has 7 nitrogen and oxygen atoms in total. The molecule has 0 saturated heterocycles. The van der Waals surface area contributed by atoms with Crippen molar-refractivity contribution in [3.63, 3.8) is 0 Å². The fraction of sp³-hybridized carbons (Fsp3) is 0.350. The summed E-state index contributed by atoms with van der Waals surface area (Å²) in [5.41, 5.74) is 0.446. The topological polar surface area (TPSA) is 106 Å². The first-order valence-corrected chi connectivity index (χ1v) is 11.0. The number of nitrogens with zero attached hydrogens (tertiary/aromatic N) is 1. The lowest BCUT2D eigenvalue weighted by molar-refractivity contribution is -0.385. The molecule has 28 heavy (non-hydrogen) atoms. The summed E-state index contributed by atoms with van der Waals surface area (Å²) in [5.74, 6) is -0.543. The first-order valence-electron chi connectivity index (χ1n) is 9.07. The highest BCUT2D eigenvalue weighted by atomic mass is 32.2. The van der Waals surface area contributed by atoms with Crippen LogP contribution >= 0.6 is 0 Å². The van der Waals surface area contributed by atoms with Gasteiger partial charge >= 0.3 is 0 Å². The Bertz CT molecular complexity index is 942. The van der Waals surface area contributed by atoms with Crippen LogP contribution in [-0.2, 0) is 9.84 Å². The van der Waals surface area contributed by atoms with Crippen molar-refractivity contribution in [3.05, 3.63) is 69.8 Å². The Morgan fingerprint density at radius 1 is 1.14 bits per heavy atom. The van der Waals surface area contributed by atoms with E-state index in [1.165, 1.54) is 6.07 Å². The van der Waals surface area contributed by atoms with Crippen molar-refractivity contribution < 1.29 is 18.1 Å². The van der Waals surface area contributed by atoms with E-state index in [-0.39, 0.29) is 16.5 Å². The van der Waals surface area contributed by atoms with E-state index in [0.717, 1.165) is 49.6 Å². The van der Waals surface area contributed by atoms with Crippen LogP contribution in [0, 0.1) is 10.1 Å². The lowest BCUT2D eigenvalue weighted by atomic mass is 10.00. The van der Waals surface area contributed by atoms with Crippen molar-refractivity contribution in [2.45, 2.75) is 43.5 Å². The number of unbranched alkanes of at least 4 members (excludes halogenated alkanes) is 2. The SMILES string of the molecule is CCCCCC(NC(=O)c1cc([N+](=O)[O-])cc(S(C)(=O)=O)c1)c1ccccc1. The molecule has 1 amide bonds. The molecular weight excluding hydrogens is 380 g/mol. The molecule has 2 aromatic carbocycles. The van der Waals surface area contributed by atoms with Gasteiger partial charge in [0.25, 0.3) is 11.6 Å². The molecule has 0 bridgehead atoms. The summed E-state index contributed by atoms with van der Waals surface area (Å²) < 4.78 is 23.7. The second kappa shape index (κ2) is 9.45. The average molecular weight is 404 g/mol. The minimum atomic E-state index is -3.70. The van der Waals surface area contributed by atoms with Gasteiger partial charge in [-0.3, -0.25) is 14.9 Å². The van der Waals surface area contributed by atoms with Crippen LogP contribution in [0.5, 0.6) is 0 Å². The van der Waals surface area contributed by atoms with Gasteiger partial charge in [-0.2, -0.15) is 0 Å². The quantitative estimate of drug-likeness (QED) is 0.385. The number of carbonyl (C=O) groups is 1. The highest BCUT2D eigenvalue weighted by molar-refractivity contribution is 7.90. The molecule has 0 spiro atoms. The molecule has 8 heteroatoms. The van der Waals surface area contributed by atoms with Gasteiger partial charge in [-0.25, -0.2) is 8.42 Å². The van der Waals surface area contributed by atoms with E-state index < -0.39 is 26.4 Å². The van der Waals surface area contributed by atoms with Crippen LogP contribution in [0.3, 0.4) is 0 Å².